The van der Waals surface area contributed by atoms with E-state index in [2.05, 4.69) is 0 Å². The van der Waals surface area contributed by atoms with Gasteiger partial charge in [-0.05, 0) is 24.7 Å². The Balaban J connectivity index is 2.11. The van der Waals surface area contributed by atoms with Crippen LogP contribution in [0.1, 0.15) is 19.3 Å². The molecule has 56 valence electrons. The third-order valence-corrected chi connectivity index (χ3v) is 2.90. The Morgan fingerprint density at radius 3 is 2.60 bits per heavy atom. The summed E-state index contributed by atoms with van der Waals surface area (Å²) in [5.41, 5.74) is 0. The van der Waals surface area contributed by atoms with Gasteiger partial charge in [0.25, 0.3) is 0 Å². The van der Waals surface area contributed by atoms with E-state index in [0.717, 1.165) is 6.42 Å². The molecule has 0 aromatic heterocycles. The molecule has 0 spiro atoms. The summed E-state index contributed by atoms with van der Waals surface area (Å²) in [6.07, 6.45) is 3.19. The first-order valence-corrected chi connectivity index (χ1v) is 3.88. The van der Waals surface area contributed by atoms with Crippen molar-refractivity contribution in [3.63, 3.8) is 0 Å². The summed E-state index contributed by atoms with van der Waals surface area (Å²) in [6.45, 7) is 0. The number of hydrogen-bond acceptors (Lipinski definition) is 2. The highest BCUT2D eigenvalue weighted by molar-refractivity contribution is 5.86. The molecule has 2 heteroatoms. The Kier molecular flexibility index (Phi) is 1.31. The molecular weight excluding hydrogens is 128 g/mol. The largest absolute Gasteiger partial charge is 0.373 e. The monoisotopic (exact) mass is 140 g/mol. The maximum atomic E-state index is 11.1. The zero-order valence-electron chi connectivity index (χ0n) is 6.17. The highest BCUT2D eigenvalue weighted by Gasteiger charge is 2.47. The first-order chi connectivity index (χ1) is 4.83. The summed E-state index contributed by atoms with van der Waals surface area (Å²) in [5.74, 6) is 1.59. The van der Waals surface area contributed by atoms with E-state index in [1.54, 1.807) is 7.11 Å². The van der Waals surface area contributed by atoms with E-state index in [9.17, 15) is 4.79 Å². The summed E-state index contributed by atoms with van der Waals surface area (Å²) < 4.78 is 5.11. The van der Waals surface area contributed by atoms with Gasteiger partial charge in [-0.2, -0.15) is 0 Å². The predicted molar refractivity (Wildman–Crippen MR) is 36.6 cm³/mol. The first kappa shape index (κ1) is 6.35. The standard InChI is InChI=1S/C8H12O2/c1-10-8-6-3-2-5(6)4-7(8)9/h5-6,8H,2-4H2,1H3. The van der Waals surface area contributed by atoms with Gasteiger partial charge in [0.1, 0.15) is 6.10 Å². The number of rotatable bonds is 1. The molecule has 3 unspecified atom stereocenters. The maximum Gasteiger partial charge on any atom is 0.162 e. The SMILES string of the molecule is COC1C(=O)CC2CCC21. The Labute approximate surface area is 60.6 Å². The molecular formula is C8H12O2. The minimum absolute atomic E-state index is 0.0428. The Bertz CT molecular complexity index is 165. The van der Waals surface area contributed by atoms with Crippen molar-refractivity contribution in [3.8, 4) is 0 Å². The lowest BCUT2D eigenvalue weighted by Gasteiger charge is -2.31. The summed E-state index contributed by atoms with van der Waals surface area (Å²) in [6, 6.07) is 0. The number of carbonyl (C=O) groups excluding carboxylic acids is 1. The zero-order chi connectivity index (χ0) is 7.14. The van der Waals surface area contributed by atoms with Crippen molar-refractivity contribution in [2.24, 2.45) is 11.8 Å². The topological polar surface area (TPSA) is 26.3 Å². The van der Waals surface area contributed by atoms with Gasteiger partial charge in [0.15, 0.2) is 5.78 Å². The van der Waals surface area contributed by atoms with Crippen molar-refractivity contribution >= 4 is 5.78 Å². The van der Waals surface area contributed by atoms with Crippen molar-refractivity contribution in [3.05, 3.63) is 0 Å². The molecule has 2 rings (SSSR count). The molecule has 2 nitrogen and oxygen atoms in total. The van der Waals surface area contributed by atoms with Gasteiger partial charge in [-0.3, -0.25) is 4.79 Å². The lowest BCUT2D eigenvalue weighted by atomic mass is 9.75. The number of fused-ring (bicyclic) bond motifs is 1. The summed E-state index contributed by atoms with van der Waals surface area (Å²) in [4.78, 5) is 11.1. The van der Waals surface area contributed by atoms with Gasteiger partial charge < -0.3 is 4.74 Å². The van der Waals surface area contributed by atoms with Gasteiger partial charge in [0, 0.05) is 13.5 Å². The fourth-order valence-corrected chi connectivity index (χ4v) is 2.17. The number of ether oxygens (including phenoxy) is 1. The highest BCUT2D eigenvalue weighted by atomic mass is 16.5. The molecule has 0 bridgehead atoms. The molecule has 0 aliphatic heterocycles. The predicted octanol–water partition coefficient (Wildman–Crippen LogP) is 1.00. The van der Waals surface area contributed by atoms with Gasteiger partial charge in [0.05, 0.1) is 0 Å². The normalized spacial score (nSPS) is 44.9. The average Bonchev–Trinajstić information content (AvgIpc) is 2.09. The van der Waals surface area contributed by atoms with E-state index < -0.39 is 0 Å². The van der Waals surface area contributed by atoms with Crippen molar-refractivity contribution in [2.45, 2.75) is 25.4 Å². The third-order valence-electron chi connectivity index (χ3n) is 2.90. The fraction of sp³-hybridized carbons (Fsp3) is 0.875. The smallest absolute Gasteiger partial charge is 0.162 e. The third kappa shape index (κ3) is 0.655. The van der Waals surface area contributed by atoms with Crippen LogP contribution in [0.4, 0.5) is 0 Å². The number of ketones is 1. The second kappa shape index (κ2) is 2.06. The van der Waals surface area contributed by atoms with E-state index in [1.807, 2.05) is 0 Å². The molecule has 0 N–H and O–H groups in total. The average molecular weight is 140 g/mol. The van der Waals surface area contributed by atoms with E-state index >= 15 is 0 Å². The molecule has 0 radical (unpaired) electrons. The lowest BCUT2D eigenvalue weighted by Crippen LogP contribution is -2.31. The molecule has 0 heterocycles. The van der Waals surface area contributed by atoms with Gasteiger partial charge in [0.2, 0.25) is 0 Å². The van der Waals surface area contributed by atoms with Gasteiger partial charge in [-0.15, -0.1) is 0 Å². The molecule has 2 saturated carbocycles. The molecule has 0 aromatic rings. The van der Waals surface area contributed by atoms with Crippen molar-refractivity contribution in [1.29, 1.82) is 0 Å². The number of carbonyl (C=O) groups is 1. The Hall–Kier alpha value is -0.370. The number of Topliss-reactive ketones (excluding diaryl/α,β-unsaturated/α-hetero) is 1. The lowest BCUT2D eigenvalue weighted by molar-refractivity contribution is -0.127. The van der Waals surface area contributed by atoms with E-state index in [1.165, 1.54) is 12.8 Å². The molecule has 10 heavy (non-hydrogen) atoms. The quantitative estimate of drug-likeness (QED) is 0.543. The fourth-order valence-electron chi connectivity index (χ4n) is 2.17. The van der Waals surface area contributed by atoms with E-state index in [4.69, 9.17) is 4.74 Å². The van der Waals surface area contributed by atoms with Crippen LogP contribution in [0.25, 0.3) is 0 Å². The van der Waals surface area contributed by atoms with Gasteiger partial charge in [-0.1, -0.05) is 0 Å². The minimum atomic E-state index is -0.0428. The first-order valence-electron chi connectivity index (χ1n) is 3.88. The van der Waals surface area contributed by atoms with Crippen molar-refractivity contribution in [1.82, 2.24) is 0 Å². The van der Waals surface area contributed by atoms with Crippen LogP contribution in [-0.4, -0.2) is 19.0 Å². The summed E-state index contributed by atoms with van der Waals surface area (Å²) >= 11 is 0. The number of methoxy groups -OCH3 is 1. The molecule has 2 aliphatic rings. The van der Waals surface area contributed by atoms with Crippen LogP contribution in [0.15, 0.2) is 0 Å². The van der Waals surface area contributed by atoms with Crippen LogP contribution in [0.2, 0.25) is 0 Å². The van der Waals surface area contributed by atoms with Crippen LogP contribution in [-0.2, 0) is 9.53 Å². The molecule has 0 saturated heterocycles. The van der Waals surface area contributed by atoms with E-state index in [0.29, 0.717) is 17.6 Å². The van der Waals surface area contributed by atoms with Crippen molar-refractivity contribution < 1.29 is 9.53 Å². The van der Waals surface area contributed by atoms with Crippen LogP contribution in [0.5, 0.6) is 0 Å². The minimum Gasteiger partial charge on any atom is -0.373 e. The summed E-state index contributed by atoms with van der Waals surface area (Å²) in [5, 5.41) is 0. The van der Waals surface area contributed by atoms with Crippen LogP contribution in [0.3, 0.4) is 0 Å². The highest BCUT2D eigenvalue weighted by Crippen LogP contribution is 2.46. The van der Waals surface area contributed by atoms with Crippen LogP contribution in [0, 0.1) is 11.8 Å². The Morgan fingerprint density at radius 1 is 1.50 bits per heavy atom. The molecule has 0 amide bonds. The number of hydrogen-bond donors (Lipinski definition) is 0. The zero-order valence-corrected chi connectivity index (χ0v) is 6.17. The second-order valence-corrected chi connectivity index (χ2v) is 3.33. The second-order valence-electron chi connectivity index (χ2n) is 3.33. The van der Waals surface area contributed by atoms with Crippen LogP contribution >= 0.6 is 0 Å². The molecule has 0 aromatic carbocycles. The molecule has 3 atom stereocenters. The molecule has 2 fully saturated rings. The van der Waals surface area contributed by atoms with Gasteiger partial charge >= 0.3 is 0 Å². The molecule has 2 aliphatic carbocycles. The Morgan fingerprint density at radius 2 is 2.30 bits per heavy atom. The maximum absolute atomic E-state index is 11.1. The van der Waals surface area contributed by atoms with Gasteiger partial charge in [-0.25, -0.2) is 0 Å². The van der Waals surface area contributed by atoms with E-state index in [-0.39, 0.29) is 6.10 Å². The van der Waals surface area contributed by atoms with Crippen molar-refractivity contribution in [2.75, 3.05) is 7.11 Å². The summed E-state index contributed by atoms with van der Waals surface area (Å²) in [7, 11) is 1.64. The van der Waals surface area contributed by atoms with Crippen LogP contribution < -0.4 is 0 Å².